The summed E-state index contributed by atoms with van der Waals surface area (Å²) in [5, 5.41) is 12.7. The Hall–Kier alpha value is -1.09. The third-order valence-electron chi connectivity index (χ3n) is 4.32. The summed E-state index contributed by atoms with van der Waals surface area (Å²) in [6.07, 6.45) is 6.54. The van der Waals surface area contributed by atoms with E-state index in [0.717, 1.165) is 0 Å². The molecule has 1 aromatic rings. The summed E-state index contributed by atoms with van der Waals surface area (Å²) in [6, 6.07) is 4.76. The van der Waals surface area contributed by atoms with Crippen molar-refractivity contribution in [2.24, 2.45) is 5.92 Å². The van der Waals surface area contributed by atoms with Crippen molar-refractivity contribution in [1.82, 2.24) is 5.32 Å². The molecule has 0 aromatic heterocycles. The van der Waals surface area contributed by atoms with Gasteiger partial charge in [0, 0.05) is 23.7 Å². The zero-order chi connectivity index (χ0) is 13.8. The Kier molecular flexibility index (Phi) is 4.81. The van der Waals surface area contributed by atoms with Gasteiger partial charge in [0.2, 0.25) is 0 Å². The van der Waals surface area contributed by atoms with Crippen molar-refractivity contribution in [1.29, 1.82) is 0 Å². The van der Waals surface area contributed by atoms with Crippen LogP contribution in [-0.2, 0) is 0 Å². The lowest BCUT2D eigenvalue weighted by molar-refractivity contribution is 0.267. The van der Waals surface area contributed by atoms with Crippen molar-refractivity contribution in [3.8, 4) is 5.75 Å². The first-order valence-corrected chi connectivity index (χ1v) is 7.32. The molecule has 19 heavy (non-hydrogen) atoms. The van der Waals surface area contributed by atoms with Crippen LogP contribution in [-0.4, -0.2) is 11.1 Å². The quantitative estimate of drug-likeness (QED) is 0.857. The molecule has 2 rings (SSSR count). The maximum absolute atomic E-state index is 13.8. The molecule has 1 fully saturated rings. The number of nitrogens with one attached hydrogen (secondary N) is 1. The molecule has 1 aliphatic rings. The van der Waals surface area contributed by atoms with Gasteiger partial charge in [-0.15, -0.1) is 0 Å². The average Bonchev–Trinajstić information content (AvgIpc) is 2.39. The van der Waals surface area contributed by atoms with Gasteiger partial charge in [-0.3, -0.25) is 0 Å². The van der Waals surface area contributed by atoms with Crippen LogP contribution in [0.4, 0.5) is 4.39 Å². The van der Waals surface area contributed by atoms with Crippen molar-refractivity contribution >= 4 is 0 Å². The predicted octanol–water partition coefficient (Wildman–Crippen LogP) is 4.15. The third kappa shape index (κ3) is 3.69. The molecule has 1 aromatic carbocycles. The summed E-state index contributed by atoms with van der Waals surface area (Å²) in [7, 11) is 0. The van der Waals surface area contributed by atoms with E-state index in [1.54, 1.807) is 12.1 Å². The Balaban J connectivity index is 1.97. The van der Waals surface area contributed by atoms with Crippen LogP contribution < -0.4 is 5.32 Å². The number of rotatable bonds is 4. The van der Waals surface area contributed by atoms with E-state index >= 15 is 0 Å². The van der Waals surface area contributed by atoms with Crippen LogP contribution in [0.2, 0.25) is 0 Å². The fourth-order valence-corrected chi connectivity index (χ4v) is 3.12. The smallest absolute Gasteiger partial charge is 0.131 e. The van der Waals surface area contributed by atoms with Crippen molar-refractivity contribution in [2.45, 2.75) is 58.0 Å². The Morgan fingerprint density at radius 3 is 2.53 bits per heavy atom. The van der Waals surface area contributed by atoms with Crippen LogP contribution in [0.5, 0.6) is 5.75 Å². The van der Waals surface area contributed by atoms with Gasteiger partial charge < -0.3 is 10.4 Å². The van der Waals surface area contributed by atoms with Gasteiger partial charge in [-0.1, -0.05) is 25.3 Å². The number of hydrogen-bond acceptors (Lipinski definition) is 2. The Morgan fingerprint density at radius 2 is 1.89 bits per heavy atom. The molecule has 2 nitrogen and oxygen atoms in total. The third-order valence-corrected chi connectivity index (χ3v) is 4.32. The Bertz CT molecular complexity index is 415. The van der Waals surface area contributed by atoms with E-state index in [4.69, 9.17) is 0 Å². The zero-order valence-electron chi connectivity index (χ0n) is 11.8. The van der Waals surface area contributed by atoms with Gasteiger partial charge >= 0.3 is 0 Å². The molecule has 3 heteroatoms. The first-order chi connectivity index (χ1) is 9.08. The zero-order valence-corrected chi connectivity index (χ0v) is 11.8. The standard InChI is InChI=1S/C16H24FNO/c1-11(13-6-4-3-5-7-13)18-12(2)15-9-8-14(19)10-16(15)17/h8-13,18-19H,3-7H2,1-2H3/t11-,12?/m1/s1. The molecule has 0 saturated heterocycles. The van der Waals surface area contributed by atoms with Crippen LogP contribution in [0.3, 0.4) is 0 Å². The highest BCUT2D eigenvalue weighted by Crippen LogP contribution is 2.28. The lowest BCUT2D eigenvalue weighted by Gasteiger charge is -2.31. The van der Waals surface area contributed by atoms with Gasteiger partial charge in [0.05, 0.1) is 0 Å². The molecule has 0 spiro atoms. The summed E-state index contributed by atoms with van der Waals surface area (Å²) in [5.41, 5.74) is 0.625. The topological polar surface area (TPSA) is 32.3 Å². The summed E-state index contributed by atoms with van der Waals surface area (Å²) in [4.78, 5) is 0. The number of hydrogen-bond donors (Lipinski definition) is 2. The molecule has 0 bridgehead atoms. The van der Waals surface area contributed by atoms with Crippen LogP contribution in [0, 0.1) is 11.7 Å². The largest absolute Gasteiger partial charge is 0.508 e. The molecule has 106 valence electrons. The van der Waals surface area contributed by atoms with E-state index in [1.165, 1.54) is 38.2 Å². The van der Waals surface area contributed by atoms with Gasteiger partial charge in [0.1, 0.15) is 11.6 Å². The highest BCUT2D eigenvalue weighted by Gasteiger charge is 2.22. The van der Waals surface area contributed by atoms with Crippen molar-refractivity contribution in [3.05, 3.63) is 29.6 Å². The summed E-state index contributed by atoms with van der Waals surface area (Å²) >= 11 is 0. The van der Waals surface area contributed by atoms with Crippen LogP contribution in [0.1, 0.15) is 57.6 Å². The van der Waals surface area contributed by atoms with E-state index in [2.05, 4.69) is 12.2 Å². The summed E-state index contributed by atoms with van der Waals surface area (Å²) in [6.45, 7) is 4.18. The van der Waals surface area contributed by atoms with E-state index in [0.29, 0.717) is 17.5 Å². The first-order valence-electron chi connectivity index (χ1n) is 7.32. The molecule has 2 N–H and O–H groups in total. The summed E-state index contributed by atoms with van der Waals surface area (Å²) < 4.78 is 13.8. The SMILES string of the molecule is CC(N[C@H](C)C1CCCCC1)c1ccc(O)cc1F. The second kappa shape index (κ2) is 6.38. The number of aromatic hydroxyl groups is 1. The number of phenolic OH excluding ortho intramolecular Hbond substituents is 1. The van der Waals surface area contributed by atoms with E-state index in [9.17, 15) is 9.50 Å². The molecule has 1 aliphatic carbocycles. The lowest BCUT2D eigenvalue weighted by atomic mass is 9.84. The number of phenols is 1. The van der Waals surface area contributed by atoms with E-state index in [1.807, 2.05) is 6.92 Å². The molecular formula is C16H24FNO. The number of benzene rings is 1. The van der Waals surface area contributed by atoms with Gasteiger partial charge in [0.15, 0.2) is 0 Å². The molecule has 0 aliphatic heterocycles. The maximum atomic E-state index is 13.8. The first kappa shape index (κ1) is 14.3. The molecule has 0 heterocycles. The van der Waals surface area contributed by atoms with Crippen LogP contribution in [0.15, 0.2) is 18.2 Å². The molecule has 2 atom stereocenters. The van der Waals surface area contributed by atoms with Gasteiger partial charge in [-0.25, -0.2) is 4.39 Å². The van der Waals surface area contributed by atoms with E-state index in [-0.39, 0.29) is 17.6 Å². The monoisotopic (exact) mass is 265 g/mol. The second-order valence-electron chi connectivity index (χ2n) is 5.78. The minimum atomic E-state index is -0.337. The minimum Gasteiger partial charge on any atom is -0.508 e. The highest BCUT2D eigenvalue weighted by molar-refractivity contribution is 5.29. The highest BCUT2D eigenvalue weighted by atomic mass is 19.1. The minimum absolute atomic E-state index is 0.0196. The van der Waals surface area contributed by atoms with Crippen molar-refractivity contribution in [3.63, 3.8) is 0 Å². The van der Waals surface area contributed by atoms with Crippen molar-refractivity contribution in [2.75, 3.05) is 0 Å². The lowest BCUT2D eigenvalue weighted by Crippen LogP contribution is -2.36. The van der Waals surface area contributed by atoms with Gasteiger partial charge in [-0.2, -0.15) is 0 Å². The normalized spacial score (nSPS) is 20.2. The van der Waals surface area contributed by atoms with Crippen molar-refractivity contribution < 1.29 is 9.50 Å². The predicted molar refractivity (Wildman–Crippen MR) is 75.7 cm³/mol. The molecule has 1 saturated carbocycles. The van der Waals surface area contributed by atoms with Gasteiger partial charge in [-0.05, 0) is 38.7 Å². The molecule has 1 unspecified atom stereocenters. The number of halogens is 1. The maximum Gasteiger partial charge on any atom is 0.131 e. The Labute approximate surface area is 115 Å². The fraction of sp³-hybridized carbons (Fsp3) is 0.625. The van der Waals surface area contributed by atoms with Crippen LogP contribution >= 0.6 is 0 Å². The van der Waals surface area contributed by atoms with Crippen LogP contribution in [0.25, 0.3) is 0 Å². The van der Waals surface area contributed by atoms with Gasteiger partial charge in [0.25, 0.3) is 0 Å². The Morgan fingerprint density at radius 1 is 1.21 bits per heavy atom. The summed E-state index contributed by atoms with van der Waals surface area (Å²) in [5.74, 6) is 0.348. The molecular weight excluding hydrogens is 241 g/mol. The fourth-order valence-electron chi connectivity index (χ4n) is 3.12. The second-order valence-corrected chi connectivity index (χ2v) is 5.78. The van der Waals surface area contributed by atoms with E-state index < -0.39 is 0 Å². The molecule has 0 radical (unpaired) electrons. The molecule has 0 amide bonds. The average molecular weight is 265 g/mol.